The molecule has 0 heterocycles. The molecular formula is C20H32O2. The summed E-state index contributed by atoms with van der Waals surface area (Å²) >= 11 is 0. The number of carboxylic acid groups (broad SMARTS) is 1. The Morgan fingerprint density at radius 3 is 1.91 bits per heavy atom. The van der Waals surface area contributed by atoms with E-state index in [4.69, 9.17) is 0 Å². The van der Waals surface area contributed by atoms with Crippen LogP contribution in [0.3, 0.4) is 0 Å². The largest absolute Gasteiger partial charge is 0.481 e. The molecule has 124 valence electrons. The van der Waals surface area contributed by atoms with Gasteiger partial charge in [0.1, 0.15) is 0 Å². The zero-order valence-corrected chi connectivity index (χ0v) is 14.3. The molecule has 22 heavy (non-hydrogen) atoms. The van der Waals surface area contributed by atoms with E-state index < -0.39 is 11.4 Å². The number of carbonyl (C=O) groups is 1. The second kappa shape index (κ2) is 10.4. The molecule has 1 N–H and O–H groups in total. The smallest absolute Gasteiger partial charge is 0.314 e. The molecule has 1 atom stereocenters. The van der Waals surface area contributed by atoms with Crippen molar-refractivity contribution in [3.63, 3.8) is 0 Å². The first-order valence-corrected chi connectivity index (χ1v) is 8.96. The number of benzene rings is 1. The van der Waals surface area contributed by atoms with Gasteiger partial charge >= 0.3 is 5.97 Å². The lowest BCUT2D eigenvalue weighted by Crippen LogP contribution is -2.36. The fourth-order valence-electron chi connectivity index (χ4n) is 3.22. The Labute approximate surface area is 135 Å². The summed E-state index contributed by atoms with van der Waals surface area (Å²) in [5.41, 5.74) is 0.289. The van der Waals surface area contributed by atoms with Gasteiger partial charge in [0.15, 0.2) is 0 Å². The normalized spacial score (nSPS) is 13.7. The van der Waals surface area contributed by atoms with Crippen LogP contribution in [0.15, 0.2) is 30.3 Å². The summed E-state index contributed by atoms with van der Waals surface area (Å²) in [6.45, 7) is 4.37. The molecule has 1 aromatic carbocycles. The van der Waals surface area contributed by atoms with E-state index in [1.807, 2.05) is 30.3 Å². The van der Waals surface area contributed by atoms with Crippen molar-refractivity contribution in [2.45, 2.75) is 83.5 Å². The molecule has 0 fully saturated rings. The lowest BCUT2D eigenvalue weighted by molar-refractivity contribution is -0.144. The molecule has 2 nitrogen and oxygen atoms in total. The molecule has 0 saturated heterocycles. The molecule has 0 radical (unpaired) electrons. The standard InChI is InChI=1S/C20H32O2/c1-3-5-7-8-13-17-20(19(21)22,16-12-6-4-2)18-14-10-9-11-15-18/h9-11,14-15H,3-8,12-13,16-17H2,1-2H3,(H,21,22). The third-order valence-corrected chi connectivity index (χ3v) is 4.65. The highest BCUT2D eigenvalue weighted by Crippen LogP contribution is 2.36. The van der Waals surface area contributed by atoms with E-state index in [0.717, 1.165) is 50.5 Å². The van der Waals surface area contributed by atoms with Crippen molar-refractivity contribution in [2.24, 2.45) is 0 Å². The third-order valence-electron chi connectivity index (χ3n) is 4.65. The first kappa shape index (κ1) is 18.7. The molecule has 0 bridgehead atoms. The van der Waals surface area contributed by atoms with Gasteiger partial charge in [0.2, 0.25) is 0 Å². The average molecular weight is 304 g/mol. The summed E-state index contributed by atoms with van der Waals surface area (Å²) < 4.78 is 0. The summed E-state index contributed by atoms with van der Waals surface area (Å²) in [6.07, 6.45) is 10.6. The quantitative estimate of drug-likeness (QED) is 0.484. The minimum Gasteiger partial charge on any atom is -0.481 e. The van der Waals surface area contributed by atoms with E-state index in [2.05, 4.69) is 13.8 Å². The SMILES string of the molecule is CCCCCCCC(CCCCC)(C(=O)O)c1ccccc1. The predicted octanol–water partition coefficient (Wildman–Crippen LogP) is 5.95. The van der Waals surface area contributed by atoms with Crippen LogP contribution in [-0.2, 0) is 10.2 Å². The number of hydrogen-bond acceptors (Lipinski definition) is 1. The summed E-state index contributed by atoms with van der Waals surface area (Å²) in [5, 5.41) is 9.98. The monoisotopic (exact) mass is 304 g/mol. The zero-order chi connectivity index (χ0) is 16.3. The van der Waals surface area contributed by atoms with Gasteiger partial charge in [0.25, 0.3) is 0 Å². The molecule has 0 aromatic heterocycles. The van der Waals surface area contributed by atoms with Crippen LogP contribution in [-0.4, -0.2) is 11.1 Å². The van der Waals surface area contributed by atoms with E-state index in [1.54, 1.807) is 0 Å². The highest BCUT2D eigenvalue weighted by molar-refractivity contribution is 5.81. The summed E-state index contributed by atoms with van der Waals surface area (Å²) in [4.78, 5) is 12.1. The van der Waals surface area contributed by atoms with Gasteiger partial charge in [-0.1, -0.05) is 95.5 Å². The van der Waals surface area contributed by atoms with Crippen molar-refractivity contribution in [1.29, 1.82) is 0 Å². The van der Waals surface area contributed by atoms with Crippen molar-refractivity contribution in [1.82, 2.24) is 0 Å². The Morgan fingerprint density at radius 2 is 1.36 bits per heavy atom. The molecule has 0 aliphatic heterocycles. The maximum absolute atomic E-state index is 12.1. The molecule has 1 rings (SSSR count). The van der Waals surface area contributed by atoms with E-state index in [-0.39, 0.29) is 0 Å². The third kappa shape index (κ3) is 5.47. The second-order valence-electron chi connectivity index (χ2n) is 6.37. The van der Waals surface area contributed by atoms with Crippen molar-refractivity contribution in [3.8, 4) is 0 Å². The van der Waals surface area contributed by atoms with E-state index in [1.165, 1.54) is 19.3 Å². The van der Waals surface area contributed by atoms with Crippen LogP contribution >= 0.6 is 0 Å². The van der Waals surface area contributed by atoms with Crippen LogP contribution in [0.1, 0.15) is 83.6 Å². The Morgan fingerprint density at radius 1 is 0.864 bits per heavy atom. The van der Waals surface area contributed by atoms with E-state index in [0.29, 0.717) is 0 Å². The number of rotatable bonds is 12. The van der Waals surface area contributed by atoms with Crippen molar-refractivity contribution in [3.05, 3.63) is 35.9 Å². The minimum atomic E-state index is -0.692. The molecule has 1 unspecified atom stereocenters. The van der Waals surface area contributed by atoms with Gasteiger partial charge in [-0.2, -0.15) is 0 Å². The Balaban J connectivity index is 2.83. The van der Waals surface area contributed by atoms with Gasteiger partial charge in [-0.05, 0) is 18.4 Å². The molecule has 0 spiro atoms. The second-order valence-corrected chi connectivity index (χ2v) is 6.37. The molecule has 0 amide bonds. The van der Waals surface area contributed by atoms with Crippen LogP contribution in [0.4, 0.5) is 0 Å². The van der Waals surface area contributed by atoms with Gasteiger partial charge in [-0.15, -0.1) is 0 Å². The Hall–Kier alpha value is -1.31. The summed E-state index contributed by atoms with van der Waals surface area (Å²) in [7, 11) is 0. The highest BCUT2D eigenvalue weighted by atomic mass is 16.4. The first-order valence-electron chi connectivity index (χ1n) is 8.96. The predicted molar refractivity (Wildman–Crippen MR) is 93.3 cm³/mol. The Bertz CT molecular complexity index is 413. The molecule has 1 aromatic rings. The van der Waals surface area contributed by atoms with Crippen LogP contribution < -0.4 is 0 Å². The highest BCUT2D eigenvalue weighted by Gasteiger charge is 2.38. The topological polar surface area (TPSA) is 37.3 Å². The van der Waals surface area contributed by atoms with Crippen LogP contribution in [0.2, 0.25) is 0 Å². The maximum Gasteiger partial charge on any atom is 0.314 e. The van der Waals surface area contributed by atoms with Crippen LogP contribution in [0.5, 0.6) is 0 Å². The van der Waals surface area contributed by atoms with Gasteiger partial charge < -0.3 is 5.11 Å². The van der Waals surface area contributed by atoms with Gasteiger partial charge in [-0.3, -0.25) is 4.79 Å². The maximum atomic E-state index is 12.1. The van der Waals surface area contributed by atoms with Crippen molar-refractivity contribution in [2.75, 3.05) is 0 Å². The Kier molecular flexibility index (Phi) is 8.88. The zero-order valence-electron chi connectivity index (χ0n) is 14.3. The molecule has 0 aliphatic rings. The number of hydrogen-bond donors (Lipinski definition) is 1. The van der Waals surface area contributed by atoms with E-state index in [9.17, 15) is 9.90 Å². The molecular weight excluding hydrogens is 272 g/mol. The molecule has 0 aliphatic carbocycles. The number of aliphatic carboxylic acids is 1. The fourth-order valence-corrected chi connectivity index (χ4v) is 3.22. The lowest BCUT2D eigenvalue weighted by atomic mass is 9.72. The van der Waals surface area contributed by atoms with Gasteiger partial charge in [0.05, 0.1) is 5.41 Å². The number of carboxylic acids is 1. The summed E-state index contributed by atoms with van der Waals surface area (Å²) in [5.74, 6) is -0.648. The number of unbranched alkanes of at least 4 members (excludes halogenated alkanes) is 6. The molecule has 0 saturated carbocycles. The molecule has 2 heteroatoms. The minimum absolute atomic E-state index is 0.648. The summed E-state index contributed by atoms with van der Waals surface area (Å²) in [6, 6.07) is 9.87. The van der Waals surface area contributed by atoms with Crippen LogP contribution in [0, 0.1) is 0 Å². The fraction of sp³-hybridized carbons (Fsp3) is 0.650. The lowest BCUT2D eigenvalue weighted by Gasteiger charge is -2.30. The first-order chi connectivity index (χ1) is 10.7. The van der Waals surface area contributed by atoms with Gasteiger partial charge in [0, 0.05) is 0 Å². The average Bonchev–Trinajstić information content (AvgIpc) is 2.53. The van der Waals surface area contributed by atoms with E-state index >= 15 is 0 Å². The van der Waals surface area contributed by atoms with Crippen molar-refractivity contribution < 1.29 is 9.90 Å². The van der Waals surface area contributed by atoms with Crippen molar-refractivity contribution >= 4 is 5.97 Å². The van der Waals surface area contributed by atoms with Gasteiger partial charge in [-0.25, -0.2) is 0 Å². The van der Waals surface area contributed by atoms with Crippen LogP contribution in [0.25, 0.3) is 0 Å².